The third kappa shape index (κ3) is 3.73. The second kappa shape index (κ2) is 7.99. The highest BCUT2D eigenvalue weighted by Crippen LogP contribution is 2.34. The van der Waals surface area contributed by atoms with Crippen molar-refractivity contribution >= 4 is 15.7 Å². The van der Waals surface area contributed by atoms with Crippen molar-refractivity contribution in [2.75, 3.05) is 6.54 Å². The number of fused-ring (bicyclic) bond motifs is 1. The van der Waals surface area contributed by atoms with E-state index in [9.17, 15) is 22.0 Å². The molecule has 1 amide bonds. The lowest BCUT2D eigenvalue weighted by molar-refractivity contribution is 0.0725. The second-order valence-corrected chi connectivity index (χ2v) is 9.10. The van der Waals surface area contributed by atoms with Gasteiger partial charge in [0.2, 0.25) is 9.84 Å². The Labute approximate surface area is 173 Å². The average Bonchev–Trinajstić information content (AvgIpc) is 2.78. The Morgan fingerprint density at radius 3 is 2.20 bits per heavy atom. The van der Waals surface area contributed by atoms with Crippen LogP contribution in [0.5, 0.6) is 0 Å². The van der Waals surface area contributed by atoms with Gasteiger partial charge < -0.3 is 4.90 Å². The van der Waals surface area contributed by atoms with Crippen LogP contribution in [0.2, 0.25) is 0 Å². The van der Waals surface area contributed by atoms with Gasteiger partial charge in [-0.3, -0.25) is 4.79 Å². The van der Waals surface area contributed by atoms with Crippen molar-refractivity contribution in [1.82, 2.24) is 4.90 Å². The van der Waals surface area contributed by atoms with Gasteiger partial charge in [0.25, 0.3) is 5.91 Å². The molecule has 30 heavy (non-hydrogen) atoms. The van der Waals surface area contributed by atoms with Crippen LogP contribution in [-0.4, -0.2) is 31.5 Å². The molecule has 1 aliphatic rings. The van der Waals surface area contributed by atoms with Gasteiger partial charge in [0.05, 0.1) is 4.90 Å². The number of sulfone groups is 1. The van der Waals surface area contributed by atoms with Crippen LogP contribution in [0.4, 0.5) is 8.78 Å². The lowest BCUT2D eigenvalue weighted by Gasteiger charge is -2.35. The molecule has 0 radical (unpaired) electrons. The maximum atomic E-state index is 13.1. The van der Waals surface area contributed by atoms with Gasteiger partial charge in [-0.05, 0) is 41.0 Å². The minimum absolute atomic E-state index is 0.0126. The van der Waals surface area contributed by atoms with E-state index in [0.29, 0.717) is 13.1 Å². The van der Waals surface area contributed by atoms with Crippen molar-refractivity contribution in [3.63, 3.8) is 0 Å². The molecule has 0 unspecified atom stereocenters. The summed E-state index contributed by atoms with van der Waals surface area (Å²) in [6, 6.07) is 22.6. The van der Waals surface area contributed by atoms with E-state index in [-0.39, 0.29) is 17.4 Å². The summed E-state index contributed by atoms with van der Waals surface area (Å²) in [4.78, 5) is 14.3. The number of alkyl halides is 2. The molecule has 0 N–H and O–H groups in total. The topological polar surface area (TPSA) is 54.5 Å². The maximum absolute atomic E-state index is 13.1. The molecule has 0 aliphatic carbocycles. The average molecular weight is 427 g/mol. The summed E-state index contributed by atoms with van der Waals surface area (Å²) in [6.07, 6.45) is 0. The fraction of sp³-hybridized carbons (Fsp3) is 0.174. The zero-order valence-electron chi connectivity index (χ0n) is 15.9. The fourth-order valence-corrected chi connectivity index (χ4v) is 4.53. The van der Waals surface area contributed by atoms with Crippen molar-refractivity contribution in [3.8, 4) is 0 Å². The van der Waals surface area contributed by atoms with Gasteiger partial charge in [-0.2, -0.15) is 8.78 Å². The van der Waals surface area contributed by atoms with Crippen molar-refractivity contribution in [3.05, 3.63) is 101 Å². The molecule has 1 heterocycles. The molecule has 1 atom stereocenters. The zero-order chi connectivity index (χ0) is 21.3. The first-order valence-electron chi connectivity index (χ1n) is 9.42. The maximum Gasteiger partial charge on any atom is 0.341 e. The highest BCUT2D eigenvalue weighted by molar-refractivity contribution is 7.91. The van der Waals surface area contributed by atoms with Gasteiger partial charge in [-0.15, -0.1) is 0 Å². The molecule has 154 valence electrons. The lowest BCUT2D eigenvalue weighted by atomic mass is 9.84. The first-order chi connectivity index (χ1) is 14.4. The largest absolute Gasteiger partial charge is 0.341 e. The fourth-order valence-electron chi connectivity index (χ4n) is 3.80. The molecule has 0 fully saturated rings. The highest BCUT2D eigenvalue weighted by atomic mass is 32.2. The van der Waals surface area contributed by atoms with Crippen LogP contribution in [0, 0.1) is 0 Å². The van der Waals surface area contributed by atoms with E-state index in [1.165, 1.54) is 17.7 Å². The van der Waals surface area contributed by atoms with E-state index in [2.05, 4.69) is 6.07 Å². The molecule has 4 rings (SSSR count). The summed E-state index contributed by atoms with van der Waals surface area (Å²) in [5.41, 5.74) is 3.57. The first kappa shape index (κ1) is 20.2. The minimum atomic E-state index is -4.69. The Morgan fingerprint density at radius 2 is 1.53 bits per heavy atom. The lowest BCUT2D eigenvalue weighted by Crippen LogP contribution is -2.38. The number of halogens is 2. The SMILES string of the molecule is O=C(c1ccc(S(=O)(=O)C(F)F)cc1)N1Cc2ccccc2[C@H](c2ccccc2)C1. The molecule has 0 bridgehead atoms. The Balaban J connectivity index is 1.64. The van der Waals surface area contributed by atoms with Crippen LogP contribution < -0.4 is 0 Å². The van der Waals surface area contributed by atoms with Crippen LogP contribution in [0.15, 0.2) is 83.8 Å². The van der Waals surface area contributed by atoms with Crippen molar-refractivity contribution in [2.45, 2.75) is 23.1 Å². The Kier molecular flexibility index (Phi) is 5.39. The summed E-state index contributed by atoms with van der Waals surface area (Å²) in [6.45, 7) is 0.895. The van der Waals surface area contributed by atoms with Crippen molar-refractivity contribution in [1.29, 1.82) is 0 Å². The molecule has 1 aliphatic heterocycles. The van der Waals surface area contributed by atoms with Crippen LogP contribution in [-0.2, 0) is 16.4 Å². The van der Waals surface area contributed by atoms with E-state index in [0.717, 1.165) is 23.3 Å². The second-order valence-electron chi connectivity index (χ2n) is 7.18. The molecular weight excluding hydrogens is 408 g/mol. The predicted octanol–water partition coefficient (Wildman–Crippen LogP) is 4.47. The first-order valence-corrected chi connectivity index (χ1v) is 11.0. The molecule has 0 saturated carbocycles. The summed E-state index contributed by atoms with van der Waals surface area (Å²) >= 11 is 0. The van der Waals surface area contributed by atoms with E-state index >= 15 is 0 Å². The summed E-state index contributed by atoms with van der Waals surface area (Å²) < 4.78 is 48.7. The van der Waals surface area contributed by atoms with Gasteiger partial charge in [0, 0.05) is 24.6 Å². The van der Waals surface area contributed by atoms with Crippen LogP contribution >= 0.6 is 0 Å². The number of hydrogen-bond donors (Lipinski definition) is 0. The number of rotatable bonds is 4. The summed E-state index contributed by atoms with van der Waals surface area (Å²) in [7, 11) is -4.69. The minimum Gasteiger partial charge on any atom is -0.333 e. The predicted molar refractivity (Wildman–Crippen MR) is 109 cm³/mol. The molecule has 0 aromatic heterocycles. The monoisotopic (exact) mass is 427 g/mol. The van der Waals surface area contributed by atoms with E-state index in [1.54, 1.807) is 4.90 Å². The van der Waals surface area contributed by atoms with Crippen LogP contribution in [0.1, 0.15) is 33.0 Å². The highest BCUT2D eigenvalue weighted by Gasteiger charge is 2.30. The number of carbonyl (C=O) groups is 1. The molecule has 4 nitrogen and oxygen atoms in total. The molecule has 0 spiro atoms. The molecular formula is C23H19F2NO3S. The number of benzene rings is 3. The number of amides is 1. The molecule has 7 heteroatoms. The van der Waals surface area contributed by atoms with Gasteiger partial charge in [-0.1, -0.05) is 54.6 Å². The third-order valence-electron chi connectivity index (χ3n) is 5.35. The summed E-state index contributed by atoms with van der Waals surface area (Å²) in [5, 5.41) is 0. The van der Waals surface area contributed by atoms with E-state index in [4.69, 9.17) is 0 Å². The molecule has 3 aromatic rings. The molecule has 3 aromatic carbocycles. The molecule has 0 saturated heterocycles. The van der Waals surface area contributed by atoms with Gasteiger partial charge in [-0.25, -0.2) is 8.42 Å². The Bertz CT molecular complexity index is 1160. The quantitative estimate of drug-likeness (QED) is 0.617. The van der Waals surface area contributed by atoms with Gasteiger partial charge >= 0.3 is 5.76 Å². The van der Waals surface area contributed by atoms with Crippen molar-refractivity contribution in [2.24, 2.45) is 0 Å². The normalized spacial score (nSPS) is 16.4. The number of carbonyl (C=O) groups excluding carboxylic acids is 1. The van der Waals surface area contributed by atoms with Crippen LogP contribution in [0.3, 0.4) is 0 Å². The Morgan fingerprint density at radius 1 is 0.900 bits per heavy atom. The number of hydrogen-bond acceptors (Lipinski definition) is 3. The zero-order valence-corrected chi connectivity index (χ0v) is 16.7. The smallest absolute Gasteiger partial charge is 0.333 e. The Hall–Kier alpha value is -3.06. The standard InChI is InChI=1S/C23H19F2NO3S/c24-23(25)30(28,29)19-12-10-17(11-13-19)22(27)26-14-18-8-4-5-9-20(18)21(15-26)16-6-2-1-3-7-16/h1-13,21,23H,14-15H2/t21-/m0/s1. The van der Waals surface area contributed by atoms with E-state index < -0.39 is 20.5 Å². The number of nitrogens with zero attached hydrogens (tertiary/aromatic N) is 1. The summed E-state index contributed by atoms with van der Waals surface area (Å²) in [5.74, 6) is -3.76. The van der Waals surface area contributed by atoms with Gasteiger partial charge in [0.1, 0.15) is 0 Å². The van der Waals surface area contributed by atoms with E-state index in [1.807, 2.05) is 48.5 Å². The van der Waals surface area contributed by atoms with Crippen molar-refractivity contribution < 1.29 is 22.0 Å². The third-order valence-corrected chi connectivity index (χ3v) is 6.75. The van der Waals surface area contributed by atoms with Crippen LogP contribution in [0.25, 0.3) is 0 Å². The van der Waals surface area contributed by atoms with Gasteiger partial charge in [0.15, 0.2) is 0 Å².